The van der Waals surface area contributed by atoms with Gasteiger partial charge in [0.05, 0.1) is 0 Å². The predicted molar refractivity (Wildman–Crippen MR) is 106 cm³/mol. The van der Waals surface area contributed by atoms with Crippen molar-refractivity contribution in [2.75, 3.05) is 19.8 Å². The van der Waals surface area contributed by atoms with E-state index in [-0.39, 0.29) is 24.3 Å². The van der Waals surface area contributed by atoms with E-state index in [1.807, 2.05) is 35.2 Å². The highest BCUT2D eigenvalue weighted by Crippen LogP contribution is 2.22. The Labute approximate surface area is 166 Å². The summed E-state index contributed by atoms with van der Waals surface area (Å²) < 4.78 is 5.05. The number of Topliss-reactive ketones (excluding diaryl/α,β-unsaturated/α-hetero) is 1. The monoisotopic (exact) mass is 389 g/mol. The van der Waals surface area contributed by atoms with E-state index in [2.05, 4.69) is 0 Å². The fourth-order valence-corrected chi connectivity index (χ4v) is 3.65. The molecule has 1 N–H and O–H groups in total. The molecular weight excluding hydrogens is 358 g/mol. The number of amides is 1. The molecule has 0 aliphatic carbocycles. The summed E-state index contributed by atoms with van der Waals surface area (Å²) in [5.41, 5.74) is 1.03. The maximum Gasteiger partial charge on any atom is 0.329 e. The van der Waals surface area contributed by atoms with E-state index < -0.39 is 5.97 Å². The zero-order valence-corrected chi connectivity index (χ0v) is 16.5. The van der Waals surface area contributed by atoms with Crippen LogP contribution >= 0.6 is 0 Å². The number of carboxylic acids is 1. The van der Waals surface area contributed by atoms with Gasteiger partial charge in [0.1, 0.15) is 12.4 Å². The first-order valence-corrected chi connectivity index (χ1v) is 10.2. The van der Waals surface area contributed by atoms with E-state index in [0.29, 0.717) is 38.8 Å². The molecule has 1 aliphatic rings. The summed E-state index contributed by atoms with van der Waals surface area (Å²) in [4.78, 5) is 37.2. The van der Waals surface area contributed by atoms with Gasteiger partial charge in [-0.3, -0.25) is 9.59 Å². The van der Waals surface area contributed by atoms with Crippen LogP contribution in [0.25, 0.3) is 0 Å². The normalized spacial score (nSPS) is 17.4. The summed E-state index contributed by atoms with van der Waals surface area (Å²) in [5.74, 6) is -0.586. The number of benzene rings is 1. The number of carbonyl (C=O) groups excluding carboxylic acids is 2. The average molecular weight is 389 g/mol. The van der Waals surface area contributed by atoms with Crippen LogP contribution in [0.4, 0.5) is 0 Å². The first kappa shape index (κ1) is 22.1. The third kappa shape index (κ3) is 8.21. The molecule has 1 saturated heterocycles. The van der Waals surface area contributed by atoms with Crippen molar-refractivity contribution in [3.8, 4) is 0 Å². The molecule has 1 atom stereocenters. The number of hydrogen-bond donors (Lipinski definition) is 1. The lowest BCUT2D eigenvalue weighted by Crippen LogP contribution is -2.40. The highest BCUT2D eigenvalue weighted by Gasteiger charge is 2.26. The molecule has 1 fully saturated rings. The number of aliphatic carboxylic acids is 1. The van der Waals surface area contributed by atoms with Crippen molar-refractivity contribution in [2.45, 2.75) is 63.8 Å². The van der Waals surface area contributed by atoms with Crippen molar-refractivity contribution < 1.29 is 24.2 Å². The van der Waals surface area contributed by atoms with Crippen molar-refractivity contribution in [3.05, 3.63) is 35.9 Å². The molecule has 6 nitrogen and oxygen atoms in total. The number of rotatable bonds is 12. The van der Waals surface area contributed by atoms with Crippen LogP contribution in [-0.4, -0.2) is 53.5 Å². The molecule has 0 spiro atoms. The molecule has 1 amide bonds. The number of unbranched alkanes of at least 4 members (excludes halogenated alkanes) is 1. The van der Waals surface area contributed by atoms with Crippen LogP contribution in [0, 0.1) is 0 Å². The van der Waals surface area contributed by atoms with Gasteiger partial charge in [-0.05, 0) is 37.7 Å². The second-order valence-corrected chi connectivity index (χ2v) is 7.38. The Morgan fingerprint density at radius 3 is 2.68 bits per heavy atom. The minimum Gasteiger partial charge on any atom is -0.480 e. The van der Waals surface area contributed by atoms with E-state index in [1.165, 1.54) is 0 Å². The van der Waals surface area contributed by atoms with Gasteiger partial charge in [0, 0.05) is 38.5 Å². The van der Waals surface area contributed by atoms with Gasteiger partial charge in [-0.25, -0.2) is 4.79 Å². The van der Waals surface area contributed by atoms with E-state index in [4.69, 9.17) is 9.84 Å². The standard InChI is InChI=1S/C22H31NO5/c24-20(16-18-8-2-1-3-9-18)13-12-19-10-4-5-11-21(25)23(19)14-6-7-15-28-17-22(26)27/h1-3,8-9,19H,4-7,10-17H2,(H,26,27)/t19-/m1/s1. The Balaban J connectivity index is 1.78. The molecule has 0 radical (unpaired) electrons. The predicted octanol–water partition coefficient (Wildman–Crippen LogP) is 3.23. The molecule has 1 aromatic carbocycles. The van der Waals surface area contributed by atoms with E-state index in [9.17, 15) is 14.4 Å². The number of carbonyl (C=O) groups is 3. The molecule has 0 unspecified atom stereocenters. The van der Waals surface area contributed by atoms with E-state index in [1.54, 1.807) is 0 Å². The highest BCUT2D eigenvalue weighted by atomic mass is 16.5. The molecule has 1 aromatic rings. The summed E-state index contributed by atoms with van der Waals surface area (Å²) in [7, 11) is 0. The van der Waals surface area contributed by atoms with E-state index >= 15 is 0 Å². The average Bonchev–Trinajstić information content (AvgIpc) is 2.85. The Bertz CT molecular complexity index is 631. The lowest BCUT2D eigenvalue weighted by Gasteiger charge is -2.30. The first-order chi connectivity index (χ1) is 13.6. The van der Waals surface area contributed by atoms with Gasteiger partial charge in [0.25, 0.3) is 0 Å². The second-order valence-electron chi connectivity index (χ2n) is 7.38. The van der Waals surface area contributed by atoms with Crippen molar-refractivity contribution in [3.63, 3.8) is 0 Å². The summed E-state index contributed by atoms with van der Waals surface area (Å²) in [5, 5.41) is 8.57. The van der Waals surface area contributed by atoms with Gasteiger partial charge < -0.3 is 14.7 Å². The largest absolute Gasteiger partial charge is 0.480 e. The highest BCUT2D eigenvalue weighted by molar-refractivity contribution is 5.81. The Kier molecular flexibility index (Phi) is 9.69. The van der Waals surface area contributed by atoms with Crippen LogP contribution in [-0.2, 0) is 25.5 Å². The van der Waals surface area contributed by atoms with Gasteiger partial charge in [0.2, 0.25) is 5.91 Å². The molecule has 0 bridgehead atoms. The van der Waals surface area contributed by atoms with Crippen LogP contribution in [0.5, 0.6) is 0 Å². The number of ketones is 1. The molecular formula is C22H31NO5. The quantitative estimate of drug-likeness (QED) is 0.555. The Hall–Kier alpha value is -2.21. The first-order valence-electron chi connectivity index (χ1n) is 10.2. The smallest absolute Gasteiger partial charge is 0.329 e. The lowest BCUT2D eigenvalue weighted by atomic mass is 9.99. The molecule has 28 heavy (non-hydrogen) atoms. The van der Waals surface area contributed by atoms with Crippen LogP contribution in [0.15, 0.2) is 30.3 Å². The molecule has 6 heteroatoms. The maximum absolute atomic E-state index is 12.5. The number of ether oxygens (including phenoxy) is 1. The van der Waals surface area contributed by atoms with Gasteiger partial charge in [-0.15, -0.1) is 0 Å². The Morgan fingerprint density at radius 2 is 1.93 bits per heavy atom. The third-order valence-electron chi connectivity index (χ3n) is 5.10. The maximum atomic E-state index is 12.5. The topological polar surface area (TPSA) is 83.9 Å². The zero-order chi connectivity index (χ0) is 20.2. The molecule has 154 valence electrons. The number of likely N-dealkylation sites (tertiary alicyclic amines) is 1. The molecule has 1 heterocycles. The fraction of sp³-hybridized carbons (Fsp3) is 0.591. The van der Waals surface area contributed by atoms with Crippen molar-refractivity contribution >= 4 is 17.7 Å². The summed E-state index contributed by atoms with van der Waals surface area (Å²) in [6, 6.07) is 9.87. The van der Waals surface area contributed by atoms with E-state index in [0.717, 1.165) is 37.7 Å². The van der Waals surface area contributed by atoms with Crippen LogP contribution in [0.2, 0.25) is 0 Å². The summed E-state index contributed by atoms with van der Waals surface area (Å²) >= 11 is 0. The van der Waals surface area contributed by atoms with Crippen LogP contribution in [0.1, 0.15) is 56.9 Å². The number of hydrogen-bond acceptors (Lipinski definition) is 4. The third-order valence-corrected chi connectivity index (χ3v) is 5.10. The molecule has 0 saturated carbocycles. The summed E-state index contributed by atoms with van der Waals surface area (Å²) in [6.45, 7) is 0.746. The Morgan fingerprint density at radius 1 is 1.14 bits per heavy atom. The van der Waals surface area contributed by atoms with Gasteiger partial charge in [0.15, 0.2) is 0 Å². The lowest BCUT2D eigenvalue weighted by molar-refractivity contribution is -0.142. The molecule has 2 rings (SSSR count). The molecule has 1 aliphatic heterocycles. The number of carboxylic acid groups (broad SMARTS) is 1. The van der Waals surface area contributed by atoms with Crippen molar-refractivity contribution in [2.24, 2.45) is 0 Å². The zero-order valence-electron chi connectivity index (χ0n) is 16.5. The van der Waals surface area contributed by atoms with Crippen molar-refractivity contribution in [1.29, 1.82) is 0 Å². The summed E-state index contributed by atoms with van der Waals surface area (Å²) in [6.07, 6.45) is 6.59. The van der Waals surface area contributed by atoms with Gasteiger partial charge in [-0.2, -0.15) is 0 Å². The number of nitrogens with zero attached hydrogens (tertiary/aromatic N) is 1. The van der Waals surface area contributed by atoms with Crippen LogP contribution < -0.4 is 0 Å². The van der Waals surface area contributed by atoms with Gasteiger partial charge in [-0.1, -0.05) is 36.8 Å². The minimum absolute atomic E-state index is 0.120. The minimum atomic E-state index is -0.970. The SMILES string of the molecule is O=C(O)COCCCCN1C(=O)CCCC[C@@H]1CCC(=O)Cc1ccccc1. The van der Waals surface area contributed by atoms with Crippen LogP contribution in [0.3, 0.4) is 0 Å². The van der Waals surface area contributed by atoms with Crippen molar-refractivity contribution in [1.82, 2.24) is 4.90 Å². The molecule has 0 aromatic heterocycles. The fourth-order valence-electron chi connectivity index (χ4n) is 3.65. The second kappa shape index (κ2) is 12.3. The van der Waals surface area contributed by atoms with Gasteiger partial charge >= 0.3 is 5.97 Å².